The van der Waals surface area contributed by atoms with E-state index in [1.165, 1.54) is 4.90 Å². The fraction of sp³-hybridized carbons (Fsp3) is 0.263. The maximum Gasteiger partial charge on any atom is 0.258 e. The van der Waals surface area contributed by atoms with Crippen LogP contribution in [0, 0.1) is 5.92 Å². The zero-order valence-electron chi connectivity index (χ0n) is 13.3. The molecule has 2 aromatic rings. The Bertz CT molecular complexity index is 744. The number of rotatable bonds is 4. The Balaban J connectivity index is 2.07. The molecule has 5 heteroatoms. The summed E-state index contributed by atoms with van der Waals surface area (Å²) in [4.78, 5) is 26.2. The van der Waals surface area contributed by atoms with E-state index in [4.69, 9.17) is 4.74 Å². The number of anilines is 1. The Labute approximate surface area is 140 Å². The zero-order valence-corrected chi connectivity index (χ0v) is 13.3. The normalized spacial score (nSPS) is 17.5. The van der Waals surface area contributed by atoms with Gasteiger partial charge in [-0.3, -0.25) is 9.69 Å². The Morgan fingerprint density at radius 2 is 1.83 bits per heavy atom. The summed E-state index contributed by atoms with van der Waals surface area (Å²) in [6.45, 7) is 1.90. The molecule has 24 heavy (non-hydrogen) atoms. The van der Waals surface area contributed by atoms with E-state index >= 15 is 0 Å². The highest BCUT2D eigenvalue weighted by Crippen LogP contribution is 2.37. The maximum absolute atomic E-state index is 13.1. The number of carbonyl (C=O) groups excluding carboxylic acids is 2. The zero-order chi connectivity index (χ0) is 17.1. The van der Waals surface area contributed by atoms with Gasteiger partial charge in [0, 0.05) is 17.5 Å². The van der Waals surface area contributed by atoms with E-state index in [1.807, 2.05) is 12.1 Å². The van der Waals surface area contributed by atoms with Gasteiger partial charge in [0.05, 0.1) is 11.7 Å². The molecule has 0 aromatic heterocycles. The second-order valence-corrected chi connectivity index (χ2v) is 5.72. The first-order valence-electron chi connectivity index (χ1n) is 7.94. The summed E-state index contributed by atoms with van der Waals surface area (Å²) >= 11 is 0. The number of nitrogens with zero attached hydrogens (tertiary/aromatic N) is 1. The molecule has 124 valence electrons. The van der Waals surface area contributed by atoms with Crippen LogP contribution in [0.3, 0.4) is 0 Å². The molecule has 0 fully saturated rings. The van der Waals surface area contributed by atoms with Crippen molar-refractivity contribution in [2.75, 3.05) is 11.5 Å². The molecule has 0 saturated heterocycles. The van der Waals surface area contributed by atoms with Gasteiger partial charge in [0.2, 0.25) is 0 Å². The molecule has 0 spiro atoms. The highest BCUT2D eigenvalue weighted by molar-refractivity contribution is 6.08. The Hall–Kier alpha value is -2.82. The van der Waals surface area contributed by atoms with E-state index < -0.39 is 17.9 Å². The summed E-state index contributed by atoms with van der Waals surface area (Å²) in [5.74, 6) is -1.63. The summed E-state index contributed by atoms with van der Waals surface area (Å²) in [6, 6.07) is 15.4. The maximum atomic E-state index is 13.1. The van der Waals surface area contributed by atoms with Gasteiger partial charge in [-0.1, -0.05) is 37.3 Å². The molecular weight excluding hydrogens is 306 g/mol. The van der Waals surface area contributed by atoms with Gasteiger partial charge in [-0.2, -0.15) is 0 Å². The number of aliphatic carboxylic acids is 1. The van der Waals surface area contributed by atoms with E-state index in [0.717, 1.165) is 0 Å². The quantitative estimate of drug-likeness (QED) is 0.861. The summed E-state index contributed by atoms with van der Waals surface area (Å²) in [5, 5.41) is 11.5. The SMILES string of the molecule is CCC(C(=O)[O-])C1COc2ccccc2N1C(=O)c1ccccc1. The van der Waals surface area contributed by atoms with Crippen molar-refractivity contribution >= 4 is 17.6 Å². The third kappa shape index (κ3) is 2.85. The molecule has 0 radical (unpaired) electrons. The number of para-hydroxylation sites is 2. The molecule has 1 heterocycles. The van der Waals surface area contributed by atoms with E-state index in [2.05, 4.69) is 0 Å². The Morgan fingerprint density at radius 3 is 2.50 bits per heavy atom. The molecule has 0 aliphatic carbocycles. The second-order valence-electron chi connectivity index (χ2n) is 5.72. The summed E-state index contributed by atoms with van der Waals surface area (Å²) < 4.78 is 5.70. The number of carbonyl (C=O) groups is 2. The van der Waals surface area contributed by atoms with Crippen LogP contribution in [0.2, 0.25) is 0 Å². The van der Waals surface area contributed by atoms with Crippen LogP contribution in [0.5, 0.6) is 5.75 Å². The number of hydrogen-bond donors (Lipinski definition) is 0. The first-order valence-corrected chi connectivity index (χ1v) is 7.94. The Morgan fingerprint density at radius 1 is 1.17 bits per heavy atom. The van der Waals surface area contributed by atoms with Gasteiger partial charge < -0.3 is 14.6 Å². The topological polar surface area (TPSA) is 69.7 Å². The van der Waals surface area contributed by atoms with Crippen LogP contribution in [0.25, 0.3) is 0 Å². The largest absolute Gasteiger partial charge is 0.550 e. The van der Waals surface area contributed by atoms with Crippen LogP contribution in [-0.2, 0) is 4.79 Å². The van der Waals surface area contributed by atoms with Gasteiger partial charge in [0.15, 0.2) is 0 Å². The molecule has 1 aliphatic heterocycles. The van der Waals surface area contributed by atoms with Crippen molar-refractivity contribution in [3.8, 4) is 5.75 Å². The standard InChI is InChI=1S/C19H19NO4/c1-2-14(19(22)23)16-12-24-17-11-7-6-10-15(17)20(16)18(21)13-8-4-3-5-9-13/h3-11,14,16H,2,12H2,1H3,(H,22,23)/p-1. The van der Waals surface area contributed by atoms with E-state index in [-0.39, 0.29) is 12.5 Å². The number of hydrogen-bond acceptors (Lipinski definition) is 4. The van der Waals surface area contributed by atoms with Crippen molar-refractivity contribution in [2.45, 2.75) is 19.4 Å². The molecule has 2 unspecified atom stereocenters. The number of fused-ring (bicyclic) bond motifs is 1. The first kappa shape index (κ1) is 16.1. The molecule has 2 atom stereocenters. The van der Waals surface area contributed by atoms with Crippen molar-refractivity contribution < 1.29 is 19.4 Å². The molecule has 1 aliphatic rings. The highest BCUT2D eigenvalue weighted by Gasteiger charge is 2.37. The van der Waals surface area contributed by atoms with Crippen molar-refractivity contribution in [3.05, 3.63) is 60.2 Å². The monoisotopic (exact) mass is 324 g/mol. The summed E-state index contributed by atoms with van der Waals surface area (Å²) in [5.41, 5.74) is 1.09. The number of carboxylic acid groups (broad SMARTS) is 1. The van der Waals surface area contributed by atoms with E-state index in [0.29, 0.717) is 23.4 Å². The lowest BCUT2D eigenvalue weighted by molar-refractivity contribution is -0.312. The Kier molecular flexibility index (Phi) is 4.51. The first-order chi connectivity index (χ1) is 11.6. The predicted molar refractivity (Wildman–Crippen MR) is 87.8 cm³/mol. The molecular formula is C19H18NO4-. The average Bonchev–Trinajstić information content (AvgIpc) is 2.62. The molecule has 5 nitrogen and oxygen atoms in total. The summed E-state index contributed by atoms with van der Waals surface area (Å²) in [6.07, 6.45) is 0.358. The number of benzene rings is 2. The molecule has 0 N–H and O–H groups in total. The molecule has 0 saturated carbocycles. The number of amides is 1. The predicted octanol–water partition coefficient (Wildman–Crippen LogP) is 1.87. The van der Waals surface area contributed by atoms with Gasteiger partial charge in [-0.25, -0.2) is 0 Å². The average molecular weight is 324 g/mol. The van der Waals surface area contributed by atoms with Gasteiger partial charge in [0.25, 0.3) is 5.91 Å². The van der Waals surface area contributed by atoms with Crippen LogP contribution in [0.4, 0.5) is 5.69 Å². The van der Waals surface area contributed by atoms with Crippen molar-refractivity contribution in [3.63, 3.8) is 0 Å². The van der Waals surface area contributed by atoms with Crippen molar-refractivity contribution in [1.82, 2.24) is 0 Å². The lowest BCUT2D eigenvalue weighted by atomic mass is 9.93. The molecule has 1 amide bonds. The van der Waals surface area contributed by atoms with Crippen LogP contribution in [-0.4, -0.2) is 24.5 Å². The lowest BCUT2D eigenvalue weighted by Crippen LogP contribution is -2.54. The van der Waals surface area contributed by atoms with Gasteiger partial charge in [-0.05, 0) is 30.7 Å². The van der Waals surface area contributed by atoms with Crippen molar-refractivity contribution in [2.24, 2.45) is 5.92 Å². The molecule has 2 aromatic carbocycles. The minimum Gasteiger partial charge on any atom is -0.550 e. The third-order valence-corrected chi connectivity index (χ3v) is 4.31. The van der Waals surface area contributed by atoms with Crippen LogP contribution >= 0.6 is 0 Å². The molecule has 3 rings (SSSR count). The lowest BCUT2D eigenvalue weighted by Gasteiger charge is -2.41. The fourth-order valence-electron chi connectivity index (χ4n) is 3.08. The minimum absolute atomic E-state index is 0.127. The highest BCUT2D eigenvalue weighted by atomic mass is 16.5. The van der Waals surface area contributed by atoms with Crippen LogP contribution in [0.1, 0.15) is 23.7 Å². The van der Waals surface area contributed by atoms with Gasteiger partial charge in [0.1, 0.15) is 12.4 Å². The smallest absolute Gasteiger partial charge is 0.258 e. The van der Waals surface area contributed by atoms with Crippen LogP contribution in [0.15, 0.2) is 54.6 Å². The van der Waals surface area contributed by atoms with Gasteiger partial charge >= 0.3 is 0 Å². The summed E-state index contributed by atoms with van der Waals surface area (Å²) in [7, 11) is 0. The molecule has 0 bridgehead atoms. The van der Waals surface area contributed by atoms with Crippen molar-refractivity contribution in [1.29, 1.82) is 0 Å². The van der Waals surface area contributed by atoms with Gasteiger partial charge in [-0.15, -0.1) is 0 Å². The van der Waals surface area contributed by atoms with E-state index in [1.54, 1.807) is 49.4 Å². The minimum atomic E-state index is -1.17. The third-order valence-electron chi connectivity index (χ3n) is 4.31. The fourth-order valence-corrected chi connectivity index (χ4v) is 3.08. The van der Waals surface area contributed by atoms with Crippen LogP contribution < -0.4 is 14.7 Å². The number of carboxylic acids is 1. The second kappa shape index (κ2) is 6.74. The number of ether oxygens (including phenoxy) is 1. The van der Waals surface area contributed by atoms with E-state index in [9.17, 15) is 14.7 Å².